The van der Waals surface area contributed by atoms with E-state index in [1.807, 2.05) is 0 Å². The number of aromatic nitrogens is 4. The van der Waals surface area contributed by atoms with Crippen molar-refractivity contribution in [2.75, 3.05) is 5.73 Å². The summed E-state index contributed by atoms with van der Waals surface area (Å²) in [5.74, 6) is -0.00340. The van der Waals surface area contributed by atoms with Crippen LogP contribution in [0, 0.1) is 5.82 Å². The maximum Gasteiger partial charge on any atom is 0.166 e. The molecular weight excluding hydrogens is 376 g/mol. The molecule has 5 nitrogen and oxygen atoms in total. The number of halogens is 3. The number of rotatable bonds is 3. The molecular formula is C18H12Cl2FN5. The minimum atomic E-state index is -0.425. The Bertz CT molecular complexity index is 1110. The lowest BCUT2D eigenvalue weighted by molar-refractivity contribution is 0.630. The molecule has 2 heterocycles. The van der Waals surface area contributed by atoms with Gasteiger partial charge in [-0.15, -0.1) is 0 Å². The fraction of sp³-hybridized carbons (Fsp3) is 0.0556. The molecule has 0 unspecified atom stereocenters. The Hall–Kier alpha value is -2.70. The van der Waals surface area contributed by atoms with Gasteiger partial charge < -0.3 is 5.73 Å². The fourth-order valence-corrected chi connectivity index (χ4v) is 3.21. The van der Waals surface area contributed by atoms with Crippen LogP contribution < -0.4 is 5.73 Å². The van der Waals surface area contributed by atoms with Gasteiger partial charge in [-0.3, -0.25) is 0 Å². The lowest BCUT2D eigenvalue weighted by atomic mass is 10.2. The highest BCUT2D eigenvalue weighted by atomic mass is 35.5. The van der Waals surface area contributed by atoms with E-state index in [0.29, 0.717) is 33.2 Å². The van der Waals surface area contributed by atoms with Crippen LogP contribution in [0.2, 0.25) is 10.0 Å². The van der Waals surface area contributed by atoms with Crippen LogP contribution >= 0.6 is 23.2 Å². The SMILES string of the molecule is Nc1nc(-c2ccccc2F)nc2c1cnn2Cc1c(Cl)cccc1Cl. The number of hydrogen-bond donors (Lipinski definition) is 1. The van der Waals surface area contributed by atoms with Crippen LogP contribution in [-0.4, -0.2) is 19.7 Å². The van der Waals surface area contributed by atoms with Crippen molar-refractivity contribution in [3.05, 3.63) is 70.1 Å². The molecule has 0 saturated heterocycles. The Kier molecular flexibility index (Phi) is 4.22. The van der Waals surface area contributed by atoms with E-state index in [4.69, 9.17) is 28.9 Å². The van der Waals surface area contributed by atoms with Crippen LogP contribution in [0.25, 0.3) is 22.4 Å². The zero-order valence-corrected chi connectivity index (χ0v) is 14.8. The average Bonchev–Trinajstić information content (AvgIpc) is 3.02. The molecule has 26 heavy (non-hydrogen) atoms. The molecule has 0 bridgehead atoms. The molecule has 4 aromatic rings. The third kappa shape index (κ3) is 2.87. The van der Waals surface area contributed by atoms with Crippen LogP contribution in [0.1, 0.15) is 5.56 Å². The molecule has 0 aliphatic carbocycles. The number of fused-ring (bicyclic) bond motifs is 1. The van der Waals surface area contributed by atoms with Crippen molar-refractivity contribution < 1.29 is 4.39 Å². The second-order valence-electron chi connectivity index (χ2n) is 5.65. The summed E-state index contributed by atoms with van der Waals surface area (Å²) in [5.41, 5.74) is 7.49. The number of hydrogen-bond acceptors (Lipinski definition) is 4. The van der Waals surface area contributed by atoms with E-state index in [-0.39, 0.29) is 17.2 Å². The summed E-state index contributed by atoms with van der Waals surface area (Å²) in [4.78, 5) is 8.67. The van der Waals surface area contributed by atoms with Crippen LogP contribution in [0.5, 0.6) is 0 Å². The largest absolute Gasteiger partial charge is 0.383 e. The van der Waals surface area contributed by atoms with Gasteiger partial charge in [0.25, 0.3) is 0 Å². The second-order valence-corrected chi connectivity index (χ2v) is 6.47. The number of anilines is 1. The van der Waals surface area contributed by atoms with E-state index in [1.165, 1.54) is 6.07 Å². The molecule has 0 saturated carbocycles. The Balaban J connectivity index is 1.86. The van der Waals surface area contributed by atoms with E-state index in [2.05, 4.69) is 15.1 Å². The van der Waals surface area contributed by atoms with Gasteiger partial charge in [0.1, 0.15) is 11.6 Å². The molecule has 0 aliphatic heterocycles. The first-order valence-corrected chi connectivity index (χ1v) is 8.47. The molecule has 130 valence electrons. The molecule has 0 fully saturated rings. The van der Waals surface area contributed by atoms with Crippen LogP contribution in [-0.2, 0) is 6.54 Å². The highest BCUT2D eigenvalue weighted by molar-refractivity contribution is 6.36. The molecule has 0 aliphatic rings. The van der Waals surface area contributed by atoms with Crippen LogP contribution in [0.15, 0.2) is 48.7 Å². The van der Waals surface area contributed by atoms with Gasteiger partial charge in [-0.05, 0) is 24.3 Å². The monoisotopic (exact) mass is 387 g/mol. The van der Waals surface area contributed by atoms with Gasteiger partial charge in [0.2, 0.25) is 0 Å². The smallest absolute Gasteiger partial charge is 0.166 e. The summed E-state index contributed by atoms with van der Waals surface area (Å²) >= 11 is 12.5. The van der Waals surface area contributed by atoms with Gasteiger partial charge in [0.05, 0.1) is 23.7 Å². The zero-order chi connectivity index (χ0) is 18.3. The molecule has 2 aromatic heterocycles. The molecule has 0 spiro atoms. The van der Waals surface area contributed by atoms with Crippen molar-refractivity contribution in [3.63, 3.8) is 0 Å². The first-order chi connectivity index (χ1) is 12.5. The Morgan fingerprint density at radius 1 is 1.00 bits per heavy atom. The molecule has 2 N–H and O–H groups in total. The van der Waals surface area contributed by atoms with Crippen molar-refractivity contribution in [3.8, 4) is 11.4 Å². The number of nitrogen functional groups attached to an aromatic ring is 1. The molecule has 0 amide bonds. The van der Waals surface area contributed by atoms with Crippen molar-refractivity contribution in [2.45, 2.75) is 6.54 Å². The number of nitrogens with zero attached hydrogens (tertiary/aromatic N) is 4. The van der Waals surface area contributed by atoms with Crippen LogP contribution in [0.4, 0.5) is 10.2 Å². The summed E-state index contributed by atoms with van der Waals surface area (Å²) in [6, 6.07) is 11.5. The zero-order valence-electron chi connectivity index (χ0n) is 13.3. The average molecular weight is 388 g/mol. The number of nitrogens with two attached hydrogens (primary N) is 1. The summed E-state index contributed by atoms with van der Waals surface area (Å²) in [5, 5.41) is 5.94. The van der Waals surface area contributed by atoms with Crippen molar-refractivity contribution in [1.82, 2.24) is 19.7 Å². The van der Waals surface area contributed by atoms with Gasteiger partial charge >= 0.3 is 0 Å². The molecule has 4 rings (SSSR count). The summed E-state index contributed by atoms with van der Waals surface area (Å²) < 4.78 is 15.7. The number of benzene rings is 2. The van der Waals surface area contributed by atoms with Gasteiger partial charge in [-0.2, -0.15) is 5.10 Å². The van der Waals surface area contributed by atoms with Crippen molar-refractivity contribution in [2.24, 2.45) is 0 Å². The third-order valence-electron chi connectivity index (χ3n) is 4.01. The normalized spacial score (nSPS) is 11.2. The van der Waals surface area contributed by atoms with Gasteiger partial charge in [0, 0.05) is 15.6 Å². The van der Waals surface area contributed by atoms with Gasteiger partial charge in [-0.1, -0.05) is 41.4 Å². The Morgan fingerprint density at radius 3 is 2.46 bits per heavy atom. The minimum Gasteiger partial charge on any atom is -0.383 e. The molecule has 0 radical (unpaired) electrons. The van der Waals surface area contributed by atoms with Gasteiger partial charge in [-0.25, -0.2) is 19.0 Å². The van der Waals surface area contributed by atoms with E-state index in [9.17, 15) is 4.39 Å². The lowest BCUT2D eigenvalue weighted by Crippen LogP contribution is -2.06. The summed E-state index contributed by atoms with van der Waals surface area (Å²) in [7, 11) is 0. The summed E-state index contributed by atoms with van der Waals surface area (Å²) in [6.45, 7) is 0.301. The first-order valence-electron chi connectivity index (χ1n) is 7.71. The highest BCUT2D eigenvalue weighted by Gasteiger charge is 2.16. The second kappa shape index (κ2) is 6.55. The predicted molar refractivity (Wildman–Crippen MR) is 101 cm³/mol. The maximum absolute atomic E-state index is 14.1. The Morgan fingerprint density at radius 2 is 1.73 bits per heavy atom. The van der Waals surface area contributed by atoms with Gasteiger partial charge in [0.15, 0.2) is 11.5 Å². The topological polar surface area (TPSA) is 69.6 Å². The lowest BCUT2D eigenvalue weighted by Gasteiger charge is -2.09. The minimum absolute atomic E-state index is 0.195. The van der Waals surface area contributed by atoms with Crippen molar-refractivity contribution in [1.29, 1.82) is 0 Å². The highest BCUT2D eigenvalue weighted by Crippen LogP contribution is 2.28. The van der Waals surface area contributed by atoms with E-state index >= 15 is 0 Å². The predicted octanol–water partition coefficient (Wildman–Crippen LogP) is 4.57. The van der Waals surface area contributed by atoms with Crippen molar-refractivity contribution >= 4 is 40.1 Å². The maximum atomic E-state index is 14.1. The van der Waals surface area contributed by atoms with E-state index < -0.39 is 5.82 Å². The summed E-state index contributed by atoms with van der Waals surface area (Å²) in [6.07, 6.45) is 1.57. The Labute approximate surface area is 158 Å². The van der Waals surface area contributed by atoms with E-state index in [1.54, 1.807) is 47.3 Å². The van der Waals surface area contributed by atoms with E-state index in [0.717, 1.165) is 0 Å². The standard InChI is InChI=1S/C18H12Cl2FN5/c19-13-5-3-6-14(20)12(13)9-26-18-11(8-23-26)16(22)24-17(25-18)10-4-1-2-7-15(10)21/h1-8H,9H2,(H2,22,24,25). The quantitative estimate of drug-likeness (QED) is 0.558. The molecule has 0 atom stereocenters. The van der Waals surface area contributed by atoms with Crippen LogP contribution in [0.3, 0.4) is 0 Å². The fourth-order valence-electron chi connectivity index (χ4n) is 2.69. The third-order valence-corrected chi connectivity index (χ3v) is 4.72. The molecule has 2 aromatic carbocycles. The first kappa shape index (κ1) is 16.8. The molecule has 8 heteroatoms.